The predicted molar refractivity (Wildman–Crippen MR) is 111 cm³/mol. The standard InChI is InChI=1S/C23H45NO2/c1-5-6-7-8-9-10-11-12-13-14-15-16-17-18-20-24(3,4)21-19-22(2)23(25)26/h2,5-21H2,1,3-4H3. The van der Waals surface area contributed by atoms with Crippen LogP contribution in [0.1, 0.15) is 103 Å². The summed E-state index contributed by atoms with van der Waals surface area (Å²) in [6, 6.07) is 0. The molecule has 26 heavy (non-hydrogen) atoms. The van der Waals surface area contributed by atoms with Gasteiger partial charge in [-0.2, -0.15) is 0 Å². The molecule has 3 heteroatoms. The molecule has 0 rings (SSSR count). The smallest absolute Gasteiger partial charge is 0.0823 e. The first-order valence-electron chi connectivity index (χ1n) is 11.1. The molecule has 3 nitrogen and oxygen atoms in total. The van der Waals surface area contributed by atoms with Crippen molar-refractivity contribution in [1.82, 2.24) is 0 Å². The fourth-order valence-electron chi connectivity index (χ4n) is 3.39. The second kappa shape index (κ2) is 16.4. The fraction of sp³-hybridized carbons (Fsp3) is 0.870. The lowest BCUT2D eigenvalue weighted by Crippen LogP contribution is -2.42. The molecule has 0 radical (unpaired) electrons. The first-order valence-corrected chi connectivity index (χ1v) is 11.1. The largest absolute Gasteiger partial charge is 0.545 e. The van der Waals surface area contributed by atoms with Crippen LogP contribution in [0.4, 0.5) is 0 Å². The summed E-state index contributed by atoms with van der Waals surface area (Å²) in [5, 5.41) is 10.7. The van der Waals surface area contributed by atoms with Crippen LogP contribution in [0.3, 0.4) is 0 Å². The van der Waals surface area contributed by atoms with E-state index >= 15 is 0 Å². The molecule has 0 saturated carbocycles. The Kier molecular flexibility index (Phi) is 15.8. The number of carbonyl (C=O) groups excluding carboxylic acids is 1. The van der Waals surface area contributed by atoms with Crippen molar-refractivity contribution in [3.63, 3.8) is 0 Å². The monoisotopic (exact) mass is 367 g/mol. The zero-order valence-corrected chi connectivity index (χ0v) is 18.0. The van der Waals surface area contributed by atoms with E-state index in [1.54, 1.807) is 0 Å². The second-order valence-electron chi connectivity index (χ2n) is 8.62. The van der Waals surface area contributed by atoms with Crippen LogP contribution in [0, 0.1) is 0 Å². The number of hydrogen-bond acceptors (Lipinski definition) is 2. The molecule has 0 amide bonds. The van der Waals surface area contributed by atoms with Crippen molar-refractivity contribution in [2.24, 2.45) is 0 Å². The summed E-state index contributed by atoms with van der Waals surface area (Å²) in [5.74, 6) is -1.11. The quantitative estimate of drug-likeness (QED) is 0.178. The van der Waals surface area contributed by atoms with Crippen LogP contribution in [-0.2, 0) is 4.79 Å². The zero-order chi connectivity index (χ0) is 19.7. The van der Waals surface area contributed by atoms with Crippen molar-refractivity contribution >= 4 is 5.97 Å². The van der Waals surface area contributed by atoms with Gasteiger partial charge in [-0.1, -0.05) is 90.6 Å². The van der Waals surface area contributed by atoms with Gasteiger partial charge >= 0.3 is 0 Å². The minimum atomic E-state index is -1.11. The van der Waals surface area contributed by atoms with Gasteiger partial charge in [0, 0.05) is 6.42 Å². The molecule has 0 spiro atoms. The average molecular weight is 368 g/mol. The Labute approximate surface area is 163 Å². The highest BCUT2D eigenvalue weighted by atomic mass is 16.4. The summed E-state index contributed by atoms with van der Waals surface area (Å²) < 4.78 is 0.866. The van der Waals surface area contributed by atoms with Crippen molar-refractivity contribution in [3.05, 3.63) is 12.2 Å². The highest BCUT2D eigenvalue weighted by Gasteiger charge is 2.14. The zero-order valence-electron chi connectivity index (χ0n) is 18.0. The number of carbonyl (C=O) groups is 1. The predicted octanol–water partition coefficient (Wildman–Crippen LogP) is 5.24. The Hall–Kier alpha value is -0.830. The van der Waals surface area contributed by atoms with Crippen LogP contribution in [0.25, 0.3) is 0 Å². The first kappa shape index (κ1) is 25.2. The fourth-order valence-corrected chi connectivity index (χ4v) is 3.39. The van der Waals surface area contributed by atoms with Gasteiger partial charge in [0.25, 0.3) is 0 Å². The van der Waals surface area contributed by atoms with Gasteiger partial charge in [-0.25, -0.2) is 0 Å². The lowest BCUT2D eigenvalue weighted by molar-refractivity contribution is -0.890. The Balaban J connectivity index is 3.37. The Morgan fingerprint density at radius 2 is 1.12 bits per heavy atom. The van der Waals surface area contributed by atoms with E-state index in [2.05, 4.69) is 27.6 Å². The maximum absolute atomic E-state index is 10.7. The van der Waals surface area contributed by atoms with Gasteiger partial charge in [-0.15, -0.1) is 0 Å². The third kappa shape index (κ3) is 16.6. The molecule has 0 aliphatic rings. The van der Waals surface area contributed by atoms with Crippen molar-refractivity contribution in [2.75, 3.05) is 27.2 Å². The molecule has 0 aromatic rings. The molecule has 0 unspecified atom stereocenters. The molecular formula is C23H45NO2. The van der Waals surface area contributed by atoms with E-state index in [1.807, 2.05) is 0 Å². The first-order chi connectivity index (χ1) is 12.4. The minimum absolute atomic E-state index is 0.220. The van der Waals surface area contributed by atoms with E-state index in [-0.39, 0.29) is 5.57 Å². The van der Waals surface area contributed by atoms with Crippen LogP contribution in [0.2, 0.25) is 0 Å². The van der Waals surface area contributed by atoms with Gasteiger partial charge in [0.1, 0.15) is 0 Å². The maximum atomic E-state index is 10.7. The average Bonchev–Trinajstić information content (AvgIpc) is 2.60. The summed E-state index contributed by atoms with van der Waals surface area (Å²) in [6.45, 7) is 7.77. The summed E-state index contributed by atoms with van der Waals surface area (Å²) in [6.07, 6.45) is 19.9. The van der Waals surface area contributed by atoms with Crippen LogP contribution < -0.4 is 5.11 Å². The van der Waals surface area contributed by atoms with Gasteiger partial charge in [-0.3, -0.25) is 0 Å². The molecule has 0 N–H and O–H groups in total. The molecule has 0 aliphatic carbocycles. The summed E-state index contributed by atoms with van der Waals surface area (Å²) >= 11 is 0. The van der Waals surface area contributed by atoms with Gasteiger partial charge in [-0.05, 0) is 18.4 Å². The highest BCUT2D eigenvalue weighted by Crippen LogP contribution is 2.14. The van der Waals surface area contributed by atoms with E-state index in [4.69, 9.17) is 0 Å². The van der Waals surface area contributed by atoms with E-state index in [9.17, 15) is 9.90 Å². The van der Waals surface area contributed by atoms with E-state index in [0.717, 1.165) is 17.6 Å². The summed E-state index contributed by atoms with van der Waals surface area (Å²) in [7, 11) is 4.34. The molecule has 0 aromatic heterocycles. The lowest BCUT2D eigenvalue weighted by Gasteiger charge is -2.30. The minimum Gasteiger partial charge on any atom is -0.545 e. The van der Waals surface area contributed by atoms with Crippen LogP contribution >= 0.6 is 0 Å². The number of unbranched alkanes of at least 4 members (excludes halogenated alkanes) is 13. The number of hydrogen-bond donors (Lipinski definition) is 0. The van der Waals surface area contributed by atoms with Gasteiger partial charge in [0.05, 0.1) is 33.2 Å². The summed E-state index contributed by atoms with van der Waals surface area (Å²) in [4.78, 5) is 10.7. The Morgan fingerprint density at radius 1 is 0.731 bits per heavy atom. The van der Waals surface area contributed by atoms with Crippen LogP contribution in [0.5, 0.6) is 0 Å². The highest BCUT2D eigenvalue weighted by molar-refractivity contribution is 5.83. The van der Waals surface area contributed by atoms with Crippen LogP contribution in [-0.4, -0.2) is 37.6 Å². The topological polar surface area (TPSA) is 40.1 Å². The number of carboxylic acid groups (broad SMARTS) is 1. The molecule has 0 heterocycles. The van der Waals surface area contributed by atoms with Crippen LogP contribution in [0.15, 0.2) is 12.2 Å². The molecule has 0 atom stereocenters. The molecule has 0 aliphatic heterocycles. The maximum Gasteiger partial charge on any atom is 0.0823 e. The second-order valence-corrected chi connectivity index (χ2v) is 8.62. The van der Waals surface area contributed by atoms with E-state index in [1.165, 1.54) is 89.9 Å². The van der Waals surface area contributed by atoms with E-state index < -0.39 is 5.97 Å². The molecule has 0 fully saturated rings. The third-order valence-corrected chi connectivity index (χ3v) is 5.42. The number of aliphatic carboxylic acids is 1. The Bertz CT molecular complexity index is 363. The number of carboxylic acids is 1. The Morgan fingerprint density at radius 3 is 1.50 bits per heavy atom. The van der Waals surface area contributed by atoms with Crippen molar-refractivity contribution in [2.45, 2.75) is 103 Å². The van der Waals surface area contributed by atoms with Crippen molar-refractivity contribution in [3.8, 4) is 0 Å². The van der Waals surface area contributed by atoms with Gasteiger partial charge < -0.3 is 14.4 Å². The normalized spacial score (nSPS) is 11.7. The number of quaternary nitrogens is 1. The SMILES string of the molecule is C=C(CC[N+](C)(C)CCCCCCCCCCCCCCCC)C(=O)[O-]. The van der Waals surface area contributed by atoms with Crippen molar-refractivity contribution < 1.29 is 14.4 Å². The van der Waals surface area contributed by atoms with E-state index in [0.29, 0.717) is 6.42 Å². The molecule has 0 bridgehead atoms. The number of rotatable bonds is 19. The van der Waals surface area contributed by atoms with Gasteiger partial charge in [0.2, 0.25) is 0 Å². The molecular weight excluding hydrogens is 322 g/mol. The third-order valence-electron chi connectivity index (χ3n) is 5.42. The molecule has 0 saturated heterocycles. The summed E-state index contributed by atoms with van der Waals surface area (Å²) in [5.41, 5.74) is 0.220. The number of nitrogens with zero attached hydrogens (tertiary/aromatic N) is 1. The molecule has 0 aromatic carbocycles. The lowest BCUT2D eigenvalue weighted by atomic mass is 10.0. The molecule has 154 valence electrons. The van der Waals surface area contributed by atoms with Crippen molar-refractivity contribution in [1.29, 1.82) is 0 Å². The van der Waals surface area contributed by atoms with Gasteiger partial charge in [0.15, 0.2) is 0 Å².